The lowest BCUT2D eigenvalue weighted by atomic mass is 9.60. The predicted octanol–water partition coefficient (Wildman–Crippen LogP) is 4.62. The molecule has 134 valence electrons. The third kappa shape index (κ3) is 2.48. The molecule has 26 heavy (non-hydrogen) atoms. The van der Waals surface area contributed by atoms with E-state index in [2.05, 4.69) is 4.98 Å². The zero-order valence-electron chi connectivity index (χ0n) is 14.1. The standard InChI is InChI=1S/C20H17F3N2O/c1-20(19(24)26)8-11(9-20)16-14-6-13(22)7-15(23)18(14)25-17(16)10-2-4-12(21)5-3-10/h2-7,11,25H,8-9H2,1H3,(H2,24,26). The Bertz CT molecular complexity index is 1020. The molecular formula is C20H17F3N2O. The number of benzene rings is 2. The maximum absolute atomic E-state index is 14.3. The third-order valence-electron chi connectivity index (χ3n) is 5.39. The fourth-order valence-electron chi connectivity index (χ4n) is 3.94. The van der Waals surface area contributed by atoms with E-state index in [4.69, 9.17) is 5.73 Å². The van der Waals surface area contributed by atoms with Crippen molar-refractivity contribution in [2.24, 2.45) is 11.1 Å². The summed E-state index contributed by atoms with van der Waals surface area (Å²) < 4.78 is 41.4. The van der Waals surface area contributed by atoms with Gasteiger partial charge in [0.15, 0.2) is 0 Å². The molecule has 0 unspecified atom stereocenters. The molecule has 1 aliphatic rings. The van der Waals surface area contributed by atoms with Gasteiger partial charge in [0.1, 0.15) is 17.5 Å². The van der Waals surface area contributed by atoms with Crippen molar-refractivity contribution in [2.75, 3.05) is 0 Å². The lowest BCUT2D eigenvalue weighted by molar-refractivity contribution is -0.132. The van der Waals surface area contributed by atoms with Crippen molar-refractivity contribution in [3.63, 3.8) is 0 Å². The first-order valence-electron chi connectivity index (χ1n) is 8.35. The molecule has 3 nitrogen and oxygen atoms in total. The molecule has 6 heteroatoms. The molecule has 1 heterocycles. The molecule has 4 rings (SSSR count). The van der Waals surface area contributed by atoms with Gasteiger partial charge in [-0.1, -0.05) is 6.92 Å². The number of hydrogen-bond acceptors (Lipinski definition) is 1. The number of halogens is 3. The summed E-state index contributed by atoms with van der Waals surface area (Å²) in [5.74, 6) is -2.19. The number of rotatable bonds is 3. The summed E-state index contributed by atoms with van der Waals surface area (Å²) >= 11 is 0. The van der Waals surface area contributed by atoms with Crippen LogP contribution in [0.4, 0.5) is 13.2 Å². The van der Waals surface area contributed by atoms with E-state index in [-0.39, 0.29) is 23.2 Å². The van der Waals surface area contributed by atoms with Crippen molar-refractivity contribution < 1.29 is 18.0 Å². The first kappa shape index (κ1) is 16.7. The Morgan fingerprint density at radius 1 is 1.12 bits per heavy atom. The summed E-state index contributed by atoms with van der Waals surface area (Å²) in [6.07, 6.45) is 1.00. The maximum Gasteiger partial charge on any atom is 0.223 e. The Kier molecular flexibility index (Phi) is 3.61. The van der Waals surface area contributed by atoms with E-state index >= 15 is 0 Å². The molecule has 1 fully saturated rings. The number of fused-ring (bicyclic) bond motifs is 1. The SMILES string of the molecule is CC1(C(N)=O)CC(c2c(-c3ccc(F)cc3)[nH]c3c(F)cc(F)cc23)C1. The number of aromatic amines is 1. The van der Waals surface area contributed by atoms with Crippen LogP contribution in [0.3, 0.4) is 0 Å². The summed E-state index contributed by atoms with van der Waals surface area (Å²) in [5, 5.41) is 0.443. The van der Waals surface area contributed by atoms with Crippen LogP contribution in [0, 0.1) is 22.9 Å². The van der Waals surface area contributed by atoms with Crippen LogP contribution >= 0.6 is 0 Å². The van der Waals surface area contributed by atoms with Gasteiger partial charge in [0.25, 0.3) is 0 Å². The number of primary amides is 1. The van der Waals surface area contributed by atoms with Gasteiger partial charge >= 0.3 is 0 Å². The van der Waals surface area contributed by atoms with Gasteiger partial charge in [0, 0.05) is 16.9 Å². The molecule has 1 amide bonds. The Morgan fingerprint density at radius 2 is 1.77 bits per heavy atom. The van der Waals surface area contributed by atoms with Crippen molar-refractivity contribution in [3.8, 4) is 11.3 Å². The maximum atomic E-state index is 14.3. The van der Waals surface area contributed by atoms with Gasteiger partial charge in [-0.15, -0.1) is 0 Å². The second-order valence-electron chi connectivity index (χ2n) is 7.26. The van der Waals surface area contributed by atoms with Crippen LogP contribution < -0.4 is 5.73 Å². The highest BCUT2D eigenvalue weighted by Crippen LogP contribution is 2.54. The molecule has 0 bridgehead atoms. The number of carbonyl (C=O) groups is 1. The Morgan fingerprint density at radius 3 is 2.38 bits per heavy atom. The van der Waals surface area contributed by atoms with Crippen LogP contribution in [0.25, 0.3) is 22.2 Å². The van der Waals surface area contributed by atoms with Gasteiger partial charge in [0.2, 0.25) is 5.91 Å². The molecule has 3 N–H and O–H groups in total. The average molecular weight is 358 g/mol. The van der Waals surface area contributed by atoms with Crippen molar-refractivity contribution in [1.82, 2.24) is 4.98 Å². The second kappa shape index (κ2) is 5.62. The summed E-state index contributed by atoms with van der Waals surface area (Å²) in [7, 11) is 0. The van der Waals surface area contributed by atoms with Gasteiger partial charge in [-0.05, 0) is 60.2 Å². The summed E-state index contributed by atoms with van der Waals surface area (Å²) in [6.45, 7) is 1.79. The number of nitrogens with one attached hydrogen (secondary N) is 1. The third-order valence-corrected chi connectivity index (χ3v) is 5.39. The predicted molar refractivity (Wildman–Crippen MR) is 92.9 cm³/mol. The second-order valence-corrected chi connectivity index (χ2v) is 7.26. The van der Waals surface area contributed by atoms with Gasteiger partial charge < -0.3 is 10.7 Å². The minimum Gasteiger partial charge on any atom is -0.369 e. The lowest BCUT2D eigenvalue weighted by Crippen LogP contribution is -2.44. The molecule has 0 saturated heterocycles. The fourth-order valence-corrected chi connectivity index (χ4v) is 3.94. The van der Waals surface area contributed by atoms with Crippen LogP contribution in [-0.4, -0.2) is 10.9 Å². The molecule has 1 aliphatic carbocycles. The number of H-pyrrole nitrogens is 1. The molecule has 1 saturated carbocycles. The average Bonchev–Trinajstić information content (AvgIpc) is 2.91. The summed E-state index contributed by atoms with van der Waals surface area (Å²) in [6, 6.07) is 7.92. The van der Waals surface area contributed by atoms with E-state index in [0.717, 1.165) is 11.6 Å². The highest BCUT2D eigenvalue weighted by atomic mass is 19.1. The van der Waals surface area contributed by atoms with E-state index in [1.54, 1.807) is 19.1 Å². The zero-order chi connectivity index (χ0) is 18.6. The van der Waals surface area contributed by atoms with Crippen molar-refractivity contribution in [2.45, 2.75) is 25.7 Å². The molecule has 0 radical (unpaired) electrons. The molecule has 0 spiro atoms. The van der Waals surface area contributed by atoms with E-state index < -0.39 is 17.0 Å². The fraction of sp³-hybridized carbons (Fsp3) is 0.250. The van der Waals surface area contributed by atoms with Crippen LogP contribution in [0.5, 0.6) is 0 Å². The number of amides is 1. The number of carbonyl (C=O) groups excluding carboxylic acids is 1. The molecule has 0 aliphatic heterocycles. The molecule has 1 aromatic heterocycles. The Balaban J connectivity index is 1.90. The van der Waals surface area contributed by atoms with Crippen molar-refractivity contribution >= 4 is 16.8 Å². The molecule has 3 aromatic rings. The van der Waals surface area contributed by atoms with Gasteiger partial charge in [-0.3, -0.25) is 4.79 Å². The van der Waals surface area contributed by atoms with E-state index in [1.807, 2.05) is 0 Å². The van der Waals surface area contributed by atoms with Crippen LogP contribution in [0.2, 0.25) is 0 Å². The largest absolute Gasteiger partial charge is 0.369 e. The number of nitrogens with two attached hydrogens (primary N) is 1. The number of hydrogen-bond donors (Lipinski definition) is 2. The normalized spacial score (nSPS) is 22.4. The first-order chi connectivity index (χ1) is 12.3. The summed E-state index contributed by atoms with van der Waals surface area (Å²) in [4.78, 5) is 14.7. The molecular weight excluding hydrogens is 341 g/mol. The highest BCUT2D eigenvalue weighted by molar-refractivity contribution is 5.93. The van der Waals surface area contributed by atoms with Crippen LogP contribution in [0.15, 0.2) is 36.4 Å². The minimum atomic E-state index is -0.688. The van der Waals surface area contributed by atoms with E-state index in [9.17, 15) is 18.0 Å². The van der Waals surface area contributed by atoms with Crippen molar-refractivity contribution in [1.29, 1.82) is 0 Å². The lowest BCUT2D eigenvalue weighted by Gasteiger charge is -2.43. The van der Waals surface area contributed by atoms with Gasteiger partial charge in [-0.25, -0.2) is 13.2 Å². The quantitative estimate of drug-likeness (QED) is 0.705. The van der Waals surface area contributed by atoms with Crippen LogP contribution in [-0.2, 0) is 4.79 Å². The zero-order valence-corrected chi connectivity index (χ0v) is 14.1. The van der Waals surface area contributed by atoms with E-state index in [1.165, 1.54) is 18.2 Å². The van der Waals surface area contributed by atoms with E-state index in [0.29, 0.717) is 29.5 Å². The smallest absolute Gasteiger partial charge is 0.223 e. The first-order valence-corrected chi connectivity index (χ1v) is 8.35. The highest BCUT2D eigenvalue weighted by Gasteiger charge is 2.47. The molecule has 0 atom stereocenters. The Hall–Kier alpha value is -2.76. The minimum absolute atomic E-state index is 0.0671. The van der Waals surface area contributed by atoms with Crippen LogP contribution in [0.1, 0.15) is 31.2 Å². The summed E-state index contributed by atoms with van der Waals surface area (Å²) in [5.41, 5.74) is 7.07. The monoisotopic (exact) mass is 358 g/mol. The van der Waals surface area contributed by atoms with Gasteiger partial charge in [-0.2, -0.15) is 0 Å². The number of aromatic nitrogens is 1. The van der Waals surface area contributed by atoms with Crippen molar-refractivity contribution in [3.05, 3.63) is 59.4 Å². The Labute approximate surface area is 148 Å². The topological polar surface area (TPSA) is 58.9 Å². The van der Waals surface area contributed by atoms with Gasteiger partial charge in [0.05, 0.1) is 11.2 Å². The molecule has 2 aromatic carbocycles.